The molecule has 7 amide bonds. The zero-order valence-corrected chi connectivity index (χ0v) is 49.9. The van der Waals surface area contributed by atoms with E-state index in [1.807, 2.05) is 0 Å². The molecular weight excluding hydrogens is 965 g/mol. The maximum absolute atomic E-state index is 15.0. The third kappa shape index (κ3) is 35.6. The van der Waals surface area contributed by atoms with Gasteiger partial charge in [0.05, 0.1) is 52.5 Å². The van der Waals surface area contributed by atoms with Gasteiger partial charge in [0.1, 0.15) is 0 Å². The lowest BCUT2D eigenvalue weighted by molar-refractivity contribution is -0.148. The Morgan fingerprint density at radius 1 is 0.368 bits per heavy atom. The molecule has 444 valence electrons. The van der Waals surface area contributed by atoms with Gasteiger partial charge in [-0.05, 0) is 56.9 Å². The number of carbonyl (C=O) groups is 7. The summed E-state index contributed by atoms with van der Waals surface area (Å²) in [5.41, 5.74) is 11.4. The molecule has 0 aromatic heterocycles. The van der Waals surface area contributed by atoms with Crippen molar-refractivity contribution >= 4 is 41.4 Å². The van der Waals surface area contributed by atoms with Gasteiger partial charge in [-0.3, -0.25) is 33.6 Å². The van der Waals surface area contributed by atoms with Gasteiger partial charge >= 0.3 is 0 Å². The van der Waals surface area contributed by atoms with Crippen LogP contribution in [0.5, 0.6) is 0 Å². The minimum atomic E-state index is -0.612. The van der Waals surface area contributed by atoms with Gasteiger partial charge in [-0.1, -0.05) is 170 Å². The summed E-state index contributed by atoms with van der Waals surface area (Å²) >= 11 is 0. The first kappa shape index (κ1) is 72.2. The minimum absolute atomic E-state index is 0.0951. The molecule has 0 aromatic carbocycles. The Hall–Kier alpha value is -3.83. The highest BCUT2D eigenvalue weighted by atomic mass is 16.5. The SMILES string of the molecule is CCCCCCCCCCN(CC(=O)N(CC(=O)N(CCCCCCCCCC)CC(=O)N(CC(N)=O)CC(CC)CCCC)CC(CC)CCCC)C(=O)CN(CCOC)C(=O)CN(CCOC)C(=O)CCCCN. The van der Waals surface area contributed by atoms with Crippen molar-refractivity contribution in [3.8, 4) is 0 Å². The predicted molar refractivity (Wildman–Crippen MR) is 307 cm³/mol. The van der Waals surface area contributed by atoms with E-state index in [9.17, 15) is 33.6 Å². The fraction of sp³-hybridized carbons (Fsp3) is 0.881. The van der Waals surface area contributed by atoms with Crippen LogP contribution in [0.15, 0.2) is 0 Å². The quantitative estimate of drug-likeness (QED) is 0.0555. The number of carbonyl (C=O) groups excluding carboxylic acids is 7. The molecule has 0 radical (unpaired) electrons. The molecule has 0 rings (SSSR count). The Morgan fingerprint density at radius 2 is 0.684 bits per heavy atom. The van der Waals surface area contributed by atoms with E-state index in [4.69, 9.17) is 20.9 Å². The average Bonchev–Trinajstić information content (AvgIpc) is 3.40. The van der Waals surface area contributed by atoms with Crippen LogP contribution in [0, 0.1) is 11.8 Å². The van der Waals surface area contributed by atoms with E-state index in [0.29, 0.717) is 51.9 Å². The molecule has 2 unspecified atom stereocenters. The lowest BCUT2D eigenvalue weighted by Crippen LogP contribution is -2.53. The molecule has 0 aliphatic heterocycles. The van der Waals surface area contributed by atoms with Crippen molar-refractivity contribution in [3.05, 3.63) is 0 Å². The van der Waals surface area contributed by atoms with E-state index in [1.54, 1.807) is 9.80 Å². The Balaban J connectivity index is 7.10. The fourth-order valence-corrected chi connectivity index (χ4v) is 9.49. The molecule has 0 aromatic rings. The van der Waals surface area contributed by atoms with Gasteiger partial charge in [0, 0.05) is 59.9 Å². The van der Waals surface area contributed by atoms with Crippen LogP contribution in [0.3, 0.4) is 0 Å². The van der Waals surface area contributed by atoms with Gasteiger partial charge in [-0.25, -0.2) is 0 Å². The summed E-state index contributed by atoms with van der Waals surface area (Å²) in [5.74, 6) is -2.46. The normalized spacial score (nSPS) is 12.0. The Kier molecular flexibility index (Phi) is 45.9. The summed E-state index contributed by atoms with van der Waals surface area (Å²) in [4.78, 5) is 108. The molecule has 17 nitrogen and oxygen atoms in total. The average molecular weight is 1080 g/mol. The summed E-state index contributed by atoms with van der Waals surface area (Å²) in [5, 5.41) is 0. The fourth-order valence-electron chi connectivity index (χ4n) is 9.49. The third-order valence-electron chi connectivity index (χ3n) is 14.7. The van der Waals surface area contributed by atoms with Gasteiger partial charge in [0.15, 0.2) is 0 Å². The highest BCUT2D eigenvalue weighted by Crippen LogP contribution is 2.19. The largest absolute Gasteiger partial charge is 0.383 e. The van der Waals surface area contributed by atoms with E-state index >= 15 is 0 Å². The Morgan fingerprint density at radius 3 is 1.03 bits per heavy atom. The summed E-state index contributed by atoms with van der Waals surface area (Å²) in [7, 11) is 3.05. The lowest BCUT2D eigenvalue weighted by Gasteiger charge is -2.34. The van der Waals surface area contributed by atoms with Crippen LogP contribution in [-0.4, -0.2) is 183 Å². The molecule has 0 fully saturated rings. The van der Waals surface area contributed by atoms with Crippen molar-refractivity contribution in [1.29, 1.82) is 0 Å². The number of methoxy groups -OCH3 is 2. The maximum atomic E-state index is 15.0. The van der Waals surface area contributed by atoms with Gasteiger partial charge in [-0.2, -0.15) is 0 Å². The monoisotopic (exact) mass is 1080 g/mol. The molecule has 0 saturated carbocycles. The zero-order valence-electron chi connectivity index (χ0n) is 49.9. The second kappa shape index (κ2) is 48.3. The highest BCUT2D eigenvalue weighted by Gasteiger charge is 2.31. The van der Waals surface area contributed by atoms with Crippen molar-refractivity contribution < 1.29 is 43.0 Å². The van der Waals surface area contributed by atoms with Crippen molar-refractivity contribution in [2.75, 3.05) is 113 Å². The number of rotatable bonds is 52. The highest BCUT2D eigenvalue weighted by molar-refractivity contribution is 5.92. The number of unbranched alkanes of at least 4 members (excludes halogenated alkanes) is 17. The van der Waals surface area contributed by atoms with Crippen LogP contribution in [0.4, 0.5) is 0 Å². The van der Waals surface area contributed by atoms with E-state index in [1.165, 1.54) is 65.9 Å². The number of primary amides is 1. The summed E-state index contributed by atoms with van der Waals surface area (Å²) in [6.45, 7) is 13.6. The van der Waals surface area contributed by atoms with Crippen LogP contribution < -0.4 is 11.5 Å². The smallest absolute Gasteiger partial charge is 0.242 e. The first-order chi connectivity index (χ1) is 36.7. The zero-order chi connectivity index (χ0) is 56.8. The van der Waals surface area contributed by atoms with Crippen LogP contribution >= 0.6 is 0 Å². The minimum Gasteiger partial charge on any atom is -0.383 e. The molecule has 0 heterocycles. The molecule has 2 atom stereocenters. The Bertz CT molecular complexity index is 1540. The maximum Gasteiger partial charge on any atom is 0.242 e. The molecule has 17 heteroatoms. The molecular formula is C59H114N8O9. The van der Waals surface area contributed by atoms with Gasteiger partial charge in [0.2, 0.25) is 41.4 Å². The molecule has 0 bridgehead atoms. The summed E-state index contributed by atoms with van der Waals surface area (Å²) < 4.78 is 10.6. The van der Waals surface area contributed by atoms with Crippen molar-refractivity contribution in [2.24, 2.45) is 23.3 Å². The molecule has 4 N–H and O–H groups in total. The van der Waals surface area contributed by atoms with Gasteiger partial charge < -0.3 is 50.3 Å². The first-order valence-corrected chi connectivity index (χ1v) is 30.3. The van der Waals surface area contributed by atoms with Crippen LogP contribution in [0.25, 0.3) is 0 Å². The van der Waals surface area contributed by atoms with Crippen LogP contribution in [0.2, 0.25) is 0 Å². The molecule has 0 aliphatic rings. The standard InChI is InChI=1S/C59H114N8O9/c1-9-15-19-21-23-25-27-31-37-62(55(70)47-65(40-42-76-8)56(71)46-64(39-41-75-7)54(69)35-29-30-36-60)49-59(74)67(44-52(14-6)34-18-12-4)50-57(72)63(38-32-28-26-24-22-20-16-10-2)48-58(73)66(45-53(61)68)43-51(13-5)33-17-11-3/h51-52H,9-50,60H2,1-8H3,(H2,61,68). The molecule has 0 aliphatic carbocycles. The molecule has 0 saturated heterocycles. The summed E-state index contributed by atoms with van der Waals surface area (Å²) in [6.07, 6.45) is 25.5. The van der Waals surface area contributed by atoms with E-state index in [-0.39, 0.29) is 114 Å². The second-order valence-electron chi connectivity index (χ2n) is 21.3. The molecule has 0 spiro atoms. The first-order valence-electron chi connectivity index (χ1n) is 30.3. The number of hydrogen-bond acceptors (Lipinski definition) is 10. The second-order valence-corrected chi connectivity index (χ2v) is 21.3. The van der Waals surface area contributed by atoms with Crippen LogP contribution in [0.1, 0.15) is 215 Å². The van der Waals surface area contributed by atoms with Crippen LogP contribution in [-0.2, 0) is 43.0 Å². The van der Waals surface area contributed by atoms with Crippen molar-refractivity contribution in [3.63, 3.8) is 0 Å². The predicted octanol–water partition coefficient (Wildman–Crippen LogP) is 8.58. The van der Waals surface area contributed by atoms with Crippen molar-refractivity contribution in [2.45, 2.75) is 215 Å². The van der Waals surface area contributed by atoms with Gasteiger partial charge in [-0.15, -0.1) is 0 Å². The molecule has 76 heavy (non-hydrogen) atoms. The summed E-state index contributed by atoms with van der Waals surface area (Å²) in [6, 6.07) is 0. The number of hydrogen-bond donors (Lipinski definition) is 2. The van der Waals surface area contributed by atoms with Crippen molar-refractivity contribution in [1.82, 2.24) is 29.4 Å². The van der Waals surface area contributed by atoms with E-state index in [0.717, 1.165) is 109 Å². The number of ether oxygens (including phenoxy) is 2. The number of amides is 7. The number of nitrogens with zero attached hydrogens (tertiary/aromatic N) is 6. The lowest BCUT2D eigenvalue weighted by atomic mass is 9.98. The van der Waals surface area contributed by atoms with Gasteiger partial charge in [0.25, 0.3) is 0 Å². The topological polar surface area (TPSA) is 209 Å². The number of nitrogens with two attached hydrogens (primary N) is 2. The third-order valence-corrected chi connectivity index (χ3v) is 14.7. The van der Waals surface area contributed by atoms with E-state index in [2.05, 4.69) is 41.5 Å². The van der Waals surface area contributed by atoms with E-state index < -0.39 is 17.7 Å². The Labute approximate surface area is 463 Å².